The van der Waals surface area contributed by atoms with Crippen LogP contribution in [0, 0.1) is 5.82 Å². The highest BCUT2D eigenvalue weighted by atomic mass is 35.5. The van der Waals surface area contributed by atoms with Crippen molar-refractivity contribution in [3.05, 3.63) is 52.9 Å². The average Bonchev–Trinajstić information content (AvgIpc) is 2.41. The molecular formula is C16H18ClFN2O. The maximum Gasteiger partial charge on any atom is 0.219 e. The Balaban J connectivity index is 2.00. The topological polar surface area (TPSA) is 34.1 Å². The molecule has 1 N–H and O–H groups in total. The first-order chi connectivity index (χ1) is 9.83. The number of hydrogen-bond acceptors (Lipinski definition) is 3. The number of nitrogens with one attached hydrogen (secondary N) is 1. The molecule has 21 heavy (non-hydrogen) atoms. The van der Waals surface area contributed by atoms with Crippen molar-refractivity contribution in [2.45, 2.75) is 32.9 Å². The van der Waals surface area contributed by atoms with E-state index in [0.29, 0.717) is 11.6 Å². The van der Waals surface area contributed by atoms with Crippen LogP contribution in [0.4, 0.5) is 4.39 Å². The van der Waals surface area contributed by atoms with Crippen LogP contribution in [0.25, 0.3) is 0 Å². The Hall–Kier alpha value is -1.65. The smallest absolute Gasteiger partial charge is 0.219 e. The number of halogens is 2. The molecule has 0 bridgehead atoms. The molecule has 0 aliphatic heterocycles. The van der Waals surface area contributed by atoms with Gasteiger partial charge in [0.15, 0.2) is 0 Å². The van der Waals surface area contributed by atoms with Gasteiger partial charge in [0.25, 0.3) is 0 Å². The van der Waals surface area contributed by atoms with E-state index >= 15 is 0 Å². The van der Waals surface area contributed by atoms with E-state index in [2.05, 4.69) is 31.1 Å². The number of benzene rings is 1. The van der Waals surface area contributed by atoms with Crippen molar-refractivity contribution in [1.82, 2.24) is 10.3 Å². The van der Waals surface area contributed by atoms with Gasteiger partial charge in [-0.25, -0.2) is 9.37 Å². The van der Waals surface area contributed by atoms with Gasteiger partial charge in [-0.15, -0.1) is 0 Å². The van der Waals surface area contributed by atoms with E-state index in [1.54, 1.807) is 18.3 Å². The number of aromatic nitrogens is 1. The summed E-state index contributed by atoms with van der Waals surface area (Å²) < 4.78 is 18.8. The van der Waals surface area contributed by atoms with Crippen LogP contribution in [-0.4, -0.2) is 10.5 Å². The second kappa shape index (κ2) is 6.41. The van der Waals surface area contributed by atoms with Gasteiger partial charge < -0.3 is 10.1 Å². The zero-order chi connectivity index (χ0) is 15.5. The molecule has 0 amide bonds. The second-order valence-corrected chi connectivity index (χ2v) is 6.19. The van der Waals surface area contributed by atoms with Crippen LogP contribution in [0.5, 0.6) is 11.6 Å². The van der Waals surface area contributed by atoms with Crippen LogP contribution in [0.3, 0.4) is 0 Å². The minimum absolute atomic E-state index is 0.0516. The summed E-state index contributed by atoms with van der Waals surface area (Å²) in [6.07, 6.45) is 1.74. The van der Waals surface area contributed by atoms with Crippen LogP contribution in [0.1, 0.15) is 26.3 Å². The largest absolute Gasteiger partial charge is 0.439 e. The van der Waals surface area contributed by atoms with Gasteiger partial charge in [0.2, 0.25) is 5.88 Å². The number of ether oxygens (including phenoxy) is 1. The quantitative estimate of drug-likeness (QED) is 0.899. The van der Waals surface area contributed by atoms with Crippen LogP contribution in [0.2, 0.25) is 5.02 Å². The lowest BCUT2D eigenvalue weighted by molar-refractivity contribution is 0.423. The zero-order valence-electron chi connectivity index (χ0n) is 12.3. The van der Waals surface area contributed by atoms with E-state index in [4.69, 9.17) is 16.3 Å². The molecule has 0 unspecified atom stereocenters. The molecule has 2 aromatic rings. The number of nitrogens with zero attached hydrogens (tertiary/aromatic N) is 1. The van der Waals surface area contributed by atoms with Gasteiger partial charge in [-0.3, -0.25) is 0 Å². The fourth-order valence-corrected chi connectivity index (χ4v) is 1.72. The zero-order valence-corrected chi connectivity index (χ0v) is 13.0. The molecule has 0 aliphatic carbocycles. The molecule has 1 aromatic heterocycles. The fraction of sp³-hybridized carbons (Fsp3) is 0.312. The lowest BCUT2D eigenvalue weighted by atomic mass is 10.1. The van der Waals surface area contributed by atoms with E-state index in [0.717, 1.165) is 12.1 Å². The van der Waals surface area contributed by atoms with Crippen molar-refractivity contribution in [3.8, 4) is 11.6 Å². The Labute approximate surface area is 129 Å². The Kier molecular flexibility index (Phi) is 4.80. The number of hydrogen-bond donors (Lipinski definition) is 1. The Morgan fingerprint density at radius 2 is 2.00 bits per heavy atom. The molecule has 0 radical (unpaired) electrons. The summed E-state index contributed by atoms with van der Waals surface area (Å²) in [6, 6.07) is 7.97. The molecule has 1 heterocycles. The molecule has 5 heteroatoms. The first kappa shape index (κ1) is 15.7. The molecule has 3 nitrogen and oxygen atoms in total. The van der Waals surface area contributed by atoms with E-state index in [1.807, 2.05) is 6.07 Å². The minimum atomic E-state index is -0.514. The van der Waals surface area contributed by atoms with Gasteiger partial charge in [0.1, 0.15) is 11.6 Å². The molecular weight excluding hydrogens is 291 g/mol. The van der Waals surface area contributed by atoms with E-state index in [1.165, 1.54) is 12.1 Å². The van der Waals surface area contributed by atoms with E-state index in [-0.39, 0.29) is 10.6 Å². The summed E-state index contributed by atoms with van der Waals surface area (Å²) in [5.41, 5.74) is 1.11. The van der Waals surface area contributed by atoms with Crippen LogP contribution in [0.15, 0.2) is 36.5 Å². The SMILES string of the molecule is CC(C)(C)NCc1ccc(Oc2ccc(Cl)c(F)c2)nc1. The van der Waals surface area contributed by atoms with Gasteiger partial charge in [0, 0.05) is 30.4 Å². The Morgan fingerprint density at radius 1 is 1.24 bits per heavy atom. The molecule has 0 atom stereocenters. The fourth-order valence-electron chi connectivity index (χ4n) is 1.60. The first-order valence-electron chi connectivity index (χ1n) is 6.66. The summed E-state index contributed by atoms with van der Waals surface area (Å²) >= 11 is 5.62. The third-order valence-corrected chi connectivity index (χ3v) is 3.04. The normalized spacial score (nSPS) is 11.5. The van der Waals surface area contributed by atoms with E-state index < -0.39 is 5.82 Å². The lowest BCUT2D eigenvalue weighted by Gasteiger charge is -2.20. The summed E-state index contributed by atoms with van der Waals surface area (Å²) in [6.45, 7) is 7.04. The molecule has 0 aliphatic rings. The minimum Gasteiger partial charge on any atom is -0.439 e. The highest BCUT2D eigenvalue weighted by molar-refractivity contribution is 6.30. The third-order valence-electron chi connectivity index (χ3n) is 2.73. The highest BCUT2D eigenvalue weighted by Gasteiger charge is 2.09. The van der Waals surface area contributed by atoms with Crippen LogP contribution >= 0.6 is 11.6 Å². The molecule has 112 valence electrons. The summed E-state index contributed by atoms with van der Waals surface area (Å²) in [7, 11) is 0. The summed E-state index contributed by atoms with van der Waals surface area (Å²) in [5, 5.41) is 3.44. The maximum absolute atomic E-state index is 13.3. The van der Waals surface area contributed by atoms with Gasteiger partial charge in [0.05, 0.1) is 5.02 Å². The third kappa shape index (κ3) is 4.99. The molecule has 0 spiro atoms. The predicted octanol–water partition coefficient (Wildman–Crippen LogP) is 4.55. The maximum atomic E-state index is 13.3. The highest BCUT2D eigenvalue weighted by Crippen LogP contribution is 2.24. The summed E-state index contributed by atoms with van der Waals surface area (Å²) in [5.74, 6) is 0.265. The Morgan fingerprint density at radius 3 is 2.57 bits per heavy atom. The van der Waals surface area contributed by atoms with Crippen molar-refractivity contribution >= 4 is 11.6 Å². The van der Waals surface area contributed by atoms with Crippen molar-refractivity contribution in [3.63, 3.8) is 0 Å². The van der Waals surface area contributed by atoms with Crippen molar-refractivity contribution in [1.29, 1.82) is 0 Å². The lowest BCUT2D eigenvalue weighted by Crippen LogP contribution is -2.35. The molecule has 0 saturated heterocycles. The van der Waals surface area contributed by atoms with Gasteiger partial charge in [-0.05, 0) is 38.5 Å². The molecule has 0 fully saturated rings. The Bertz CT molecular complexity index is 609. The standard InChI is InChI=1S/C16H18ClFN2O/c1-16(2,3)20-10-11-4-7-15(19-9-11)21-12-5-6-13(17)14(18)8-12/h4-9,20H,10H2,1-3H3. The van der Waals surface area contributed by atoms with E-state index in [9.17, 15) is 4.39 Å². The van der Waals surface area contributed by atoms with Crippen molar-refractivity contribution in [2.75, 3.05) is 0 Å². The van der Waals surface area contributed by atoms with Crippen molar-refractivity contribution < 1.29 is 9.13 Å². The van der Waals surface area contributed by atoms with Gasteiger partial charge >= 0.3 is 0 Å². The van der Waals surface area contributed by atoms with Gasteiger partial charge in [-0.1, -0.05) is 17.7 Å². The average molecular weight is 309 g/mol. The summed E-state index contributed by atoms with van der Waals surface area (Å²) in [4.78, 5) is 4.21. The number of rotatable bonds is 4. The molecule has 0 saturated carbocycles. The molecule has 2 rings (SSSR count). The van der Waals surface area contributed by atoms with Crippen LogP contribution in [-0.2, 0) is 6.54 Å². The van der Waals surface area contributed by atoms with Gasteiger partial charge in [-0.2, -0.15) is 0 Å². The second-order valence-electron chi connectivity index (χ2n) is 5.79. The predicted molar refractivity (Wildman–Crippen MR) is 82.3 cm³/mol. The first-order valence-corrected chi connectivity index (χ1v) is 7.04. The van der Waals surface area contributed by atoms with Crippen molar-refractivity contribution in [2.24, 2.45) is 0 Å². The molecule has 1 aromatic carbocycles. The van der Waals surface area contributed by atoms with Crippen LogP contribution < -0.4 is 10.1 Å². The monoisotopic (exact) mass is 308 g/mol. The number of pyridine rings is 1.